The van der Waals surface area contributed by atoms with E-state index in [9.17, 15) is 9.90 Å². The number of aromatic hydroxyl groups is 1. The summed E-state index contributed by atoms with van der Waals surface area (Å²) in [6, 6.07) is 19.7. The molecule has 1 aliphatic heterocycles. The van der Waals surface area contributed by atoms with Crippen molar-refractivity contribution in [3.05, 3.63) is 88.0 Å². The van der Waals surface area contributed by atoms with Crippen LogP contribution < -0.4 is 15.5 Å². The number of rotatable bonds is 6. The SMILES string of the molecule is CCN(CC)c1ccc([C@H]2CC(c3c(O)cc(C)oc3=O)=NN2c2ccccc2)cc1. The van der Waals surface area contributed by atoms with E-state index in [0.717, 1.165) is 24.3 Å². The first-order chi connectivity index (χ1) is 15.0. The van der Waals surface area contributed by atoms with Gasteiger partial charge in [0.2, 0.25) is 0 Å². The minimum atomic E-state index is -0.568. The maximum Gasteiger partial charge on any atom is 0.348 e. The first-order valence-corrected chi connectivity index (χ1v) is 10.6. The molecule has 4 rings (SSSR count). The summed E-state index contributed by atoms with van der Waals surface area (Å²) in [5.74, 6) is 0.270. The molecule has 2 aromatic carbocycles. The van der Waals surface area contributed by atoms with Crippen LogP contribution in [-0.4, -0.2) is 23.9 Å². The van der Waals surface area contributed by atoms with Crippen LogP contribution in [0.3, 0.4) is 0 Å². The molecule has 0 saturated carbocycles. The summed E-state index contributed by atoms with van der Waals surface area (Å²) in [6.45, 7) is 7.82. The van der Waals surface area contributed by atoms with Crippen LogP contribution in [0.5, 0.6) is 5.75 Å². The fourth-order valence-corrected chi connectivity index (χ4v) is 4.10. The van der Waals surface area contributed by atoms with Crippen molar-refractivity contribution in [3.8, 4) is 5.75 Å². The van der Waals surface area contributed by atoms with Gasteiger partial charge in [-0.1, -0.05) is 30.3 Å². The topological polar surface area (TPSA) is 69.3 Å². The first kappa shape index (κ1) is 20.7. The van der Waals surface area contributed by atoms with E-state index in [0.29, 0.717) is 17.9 Å². The van der Waals surface area contributed by atoms with Crippen LogP contribution in [0.1, 0.15) is 43.2 Å². The fraction of sp³-hybridized carbons (Fsp3) is 0.280. The highest BCUT2D eigenvalue weighted by Crippen LogP contribution is 2.37. The van der Waals surface area contributed by atoms with Gasteiger partial charge in [-0.25, -0.2) is 4.79 Å². The van der Waals surface area contributed by atoms with Crippen molar-refractivity contribution in [3.63, 3.8) is 0 Å². The lowest BCUT2D eigenvalue weighted by molar-refractivity contribution is 0.432. The number of aryl methyl sites for hydroxylation is 1. The Bertz CT molecular complexity index is 1130. The third kappa shape index (κ3) is 4.06. The molecule has 6 nitrogen and oxygen atoms in total. The molecule has 31 heavy (non-hydrogen) atoms. The largest absolute Gasteiger partial charge is 0.507 e. The molecule has 0 aliphatic carbocycles. The summed E-state index contributed by atoms with van der Waals surface area (Å²) in [5, 5.41) is 17.1. The van der Waals surface area contributed by atoms with Gasteiger partial charge in [-0.15, -0.1) is 0 Å². The molecule has 3 aromatic rings. The van der Waals surface area contributed by atoms with Crippen molar-refractivity contribution < 1.29 is 9.52 Å². The van der Waals surface area contributed by atoms with E-state index >= 15 is 0 Å². The van der Waals surface area contributed by atoms with Crippen LogP contribution in [0.15, 0.2) is 75.0 Å². The molecule has 0 saturated heterocycles. The molecule has 1 N–H and O–H groups in total. The van der Waals surface area contributed by atoms with Gasteiger partial charge in [-0.3, -0.25) is 5.01 Å². The van der Waals surface area contributed by atoms with Gasteiger partial charge in [0.25, 0.3) is 0 Å². The lowest BCUT2D eigenvalue weighted by Gasteiger charge is -2.25. The van der Waals surface area contributed by atoms with Crippen molar-refractivity contribution >= 4 is 17.1 Å². The number of hydrogen-bond acceptors (Lipinski definition) is 6. The van der Waals surface area contributed by atoms with E-state index in [2.05, 4.69) is 43.0 Å². The van der Waals surface area contributed by atoms with Gasteiger partial charge < -0.3 is 14.4 Å². The van der Waals surface area contributed by atoms with E-state index in [1.807, 2.05) is 35.3 Å². The maximum absolute atomic E-state index is 12.5. The predicted molar refractivity (Wildman–Crippen MR) is 124 cm³/mol. The third-order valence-corrected chi connectivity index (χ3v) is 5.68. The standard InChI is InChI=1S/C25H27N3O3/c1-4-27(5-2)19-13-11-18(12-14-19)22-16-21(24-23(29)15-17(3)31-25(24)30)26-28(22)20-9-7-6-8-10-20/h6-15,22,29H,4-5,16H2,1-3H3/t22-/m1/s1. The second-order valence-corrected chi connectivity index (χ2v) is 7.62. The average Bonchev–Trinajstić information content (AvgIpc) is 3.20. The fourth-order valence-electron chi connectivity index (χ4n) is 4.10. The molecule has 0 bridgehead atoms. The van der Waals surface area contributed by atoms with Gasteiger partial charge in [-0.05, 0) is 50.6 Å². The van der Waals surface area contributed by atoms with Gasteiger partial charge >= 0.3 is 5.63 Å². The molecule has 1 atom stereocenters. The van der Waals surface area contributed by atoms with Crippen LogP contribution in [0, 0.1) is 6.92 Å². The van der Waals surface area contributed by atoms with E-state index in [1.165, 1.54) is 11.8 Å². The highest BCUT2D eigenvalue weighted by Gasteiger charge is 2.32. The van der Waals surface area contributed by atoms with Crippen molar-refractivity contribution in [1.82, 2.24) is 0 Å². The first-order valence-electron chi connectivity index (χ1n) is 10.6. The zero-order valence-corrected chi connectivity index (χ0v) is 18.1. The third-order valence-electron chi connectivity index (χ3n) is 5.68. The molecule has 1 aliphatic rings. The second kappa shape index (κ2) is 8.68. The highest BCUT2D eigenvalue weighted by molar-refractivity contribution is 6.04. The Morgan fingerprint density at radius 3 is 2.39 bits per heavy atom. The minimum Gasteiger partial charge on any atom is -0.507 e. The number of nitrogens with zero attached hydrogens (tertiary/aromatic N) is 3. The van der Waals surface area contributed by atoms with Gasteiger partial charge in [0.1, 0.15) is 17.1 Å². The monoisotopic (exact) mass is 417 g/mol. The Morgan fingerprint density at radius 2 is 1.77 bits per heavy atom. The Hall–Kier alpha value is -3.54. The molecular weight excluding hydrogens is 390 g/mol. The predicted octanol–water partition coefficient (Wildman–Crippen LogP) is 4.86. The highest BCUT2D eigenvalue weighted by atomic mass is 16.4. The maximum atomic E-state index is 12.5. The van der Waals surface area contributed by atoms with E-state index in [4.69, 9.17) is 9.52 Å². The normalized spacial score (nSPS) is 15.8. The number of anilines is 2. The van der Waals surface area contributed by atoms with Crippen LogP contribution in [0.4, 0.5) is 11.4 Å². The minimum absolute atomic E-state index is 0.0942. The Balaban J connectivity index is 1.74. The van der Waals surface area contributed by atoms with Gasteiger partial charge in [0, 0.05) is 31.3 Å². The van der Waals surface area contributed by atoms with E-state index < -0.39 is 5.63 Å². The molecule has 160 valence electrons. The second-order valence-electron chi connectivity index (χ2n) is 7.62. The quantitative estimate of drug-likeness (QED) is 0.621. The smallest absolute Gasteiger partial charge is 0.348 e. The summed E-state index contributed by atoms with van der Waals surface area (Å²) in [6.07, 6.45) is 0.487. The summed E-state index contributed by atoms with van der Waals surface area (Å²) < 4.78 is 5.23. The van der Waals surface area contributed by atoms with Crippen LogP contribution in [0.2, 0.25) is 0 Å². The molecule has 0 unspecified atom stereocenters. The number of para-hydroxylation sites is 1. The molecule has 2 heterocycles. The van der Waals surface area contributed by atoms with Crippen molar-refractivity contribution in [2.75, 3.05) is 23.0 Å². The molecule has 0 fully saturated rings. The Labute approximate surface area is 182 Å². The Kier molecular flexibility index (Phi) is 5.80. The summed E-state index contributed by atoms with van der Waals surface area (Å²) in [7, 11) is 0. The van der Waals surface area contributed by atoms with Crippen LogP contribution in [0.25, 0.3) is 0 Å². The van der Waals surface area contributed by atoms with Crippen LogP contribution in [-0.2, 0) is 0 Å². The van der Waals surface area contributed by atoms with Gasteiger partial charge in [-0.2, -0.15) is 5.10 Å². The van der Waals surface area contributed by atoms with Gasteiger partial charge in [0.05, 0.1) is 17.4 Å². The number of hydrogen-bond donors (Lipinski definition) is 1. The molecule has 0 amide bonds. The van der Waals surface area contributed by atoms with Crippen LogP contribution >= 0.6 is 0 Å². The van der Waals surface area contributed by atoms with Crippen molar-refractivity contribution in [2.45, 2.75) is 33.2 Å². The van der Waals surface area contributed by atoms with Gasteiger partial charge in [0.15, 0.2) is 0 Å². The molecule has 1 aromatic heterocycles. The average molecular weight is 418 g/mol. The summed E-state index contributed by atoms with van der Waals surface area (Å²) in [4.78, 5) is 14.8. The zero-order chi connectivity index (χ0) is 22.0. The molecular formula is C25H27N3O3. The van der Waals surface area contributed by atoms with Crippen molar-refractivity contribution in [1.29, 1.82) is 0 Å². The zero-order valence-electron chi connectivity index (χ0n) is 18.1. The molecule has 0 radical (unpaired) electrons. The summed E-state index contributed by atoms with van der Waals surface area (Å²) in [5.41, 5.74) is 3.28. The van der Waals surface area contributed by atoms with E-state index in [-0.39, 0.29) is 17.4 Å². The van der Waals surface area contributed by atoms with E-state index in [1.54, 1.807) is 6.92 Å². The number of benzene rings is 2. The number of hydrazone groups is 1. The lowest BCUT2D eigenvalue weighted by atomic mass is 9.98. The molecule has 0 spiro atoms. The Morgan fingerprint density at radius 1 is 1.10 bits per heavy atom. The summed E-state index contributed by atoms with van der Waals surface area (Å²) >= 11 is 0. The lowest BCUT2D eigenvalue weighted by Crippen LogP contribution is -2.22. The van der Waals surface area contributed by atoms with Crippen molar-refractivity contribution in [2.24, 2.45) is 5.10 Å². The molecule has 6 heteroatoms.